The average Bonchev–Trinajstić information content (AvgIpc) is 3.30. The highest BCUT2D eigenvalue weighted by Crippen LogP contribution is 2.25. The van der Waals surface area contributed by atoms with Crippen LogP contribution in [0.3, 0.4) is 0 Å². The van der Waals surface area contributed by atoms with E-state index in [1.54, 1.807) is 20.1 Å². The molecule has 0 saturated heterocycles. The van der Waals surface area contributed by atoms with Crippen molar-refractivity contribution in [3.05, 3.63) is 69.7 Å². The Bertz CT molecular complexity index is 863. The van der Waals surface area contributed by atoms with Gasteiger partial charge >= 0.3 is 5.97 Å². The van der Waals surface area contributed by atoms with Crippen molar-refractivity contribution >= 4 is 29.0 Å². The van der Waals surface area contributed by atoms with Gasteiger partial charge in [-0.05, 0) is 42.1 Å². The van der Waals surface area contributed by atoms with Gasteiger partial charge in [0.25, 0.3) is 0 Å². The fourth-order valence-corrected chi connectivity index (χ4v) is 2.96. The molecule has 0 aliphatic carbocycles. The summed E-state index contributed by atoms with van der Waals surface area (Å²) in [5.74, 6) is 1.04. The van der Waals surface area contributed by atoms with Crippen LogP contribution in [-0.2, 0) is 16.1 Å². The third-order valence-electron chi connectivity index (χ3n) is 3.46. The lowest BCUT2D eigenvalue weighted by molar-refractivity contribution is -0.137. The average molecular weight is 355 g/mol. The van der Waals surface area contributed by atoms with Crippen LogP contribution in [0.15, 0.2) is 52.4 Å². The Hall–Kier alpha value is -2.86. The second kappa shape index (κ2) is 7.81. The molecule has 3 aromatic rings. The van der Waals surface area contributed by atoms with E-state index in [2.05, 4.69) is 5.16 Å². The first-order valence-corrected chi connectivity index (χ1v) is 8.52. The summed E-state index contributed by atoms with van der Waals surface area (Å²) in [5.41, 5.74) is 1.97. The lowest BCUT2D eigenvalue weighted by Gasteiger charge is -2.06. The van der Waals surface area contributed by atoms with Crippen molar-refractivity contribution in [2.75, 3.05) is 7.11 Å². The van der Waals surface area contributed by atoms with E-state index in [1.807, 2.05) is 47.9 Å². The van der Waals surface area contributed by atoms with E-state index in [0.717, 1.165) is 16.2 Å². The normalized spacial score (nSPS) is 11.4. The predicted molar refractivity (Wildman–Crippen MR) is 96.2 cm³/mol. The van der Waals surface area contributed by atoms with Gasteiger partial charge in [0.2, 0.25) is 0 Å². The van der Waals surface area contributed by atoms with Crippen LogP contribution in [0.5, 0.6) is 5.75 Å². The Labute approximate surface area is 149 Å². The molecule has 1 aromatic carbocycles. The molecule has 3 rings (SSSR count). The zero-order chi connectivity index (χ0) is 17.6. The molecule has 0 aliphatic heterocycles. The molecule has 128 valence electrons. The number of carbonyl (C=O) groups is 1. The summed E-state index contributed by atoms with van der Waals surface area (Å²) in [4.78, 5) is 13.4. The van der Waals surface area contributed by atoms with Gasteiger partial charge in [0.15, 0.2) is 0 Å². The molecular formula is C19H17NO4S. The molecule has 0 saturated carbocycles. The molecule has 0 N–H and O–H groups in total. The lowest BCUT2D eigenvalue weighted by Crippen LogP contribution is -2.06. The fourth-order valence-electron chi connectivity index (χ4n) is 2.23. The van der Waals surface area contributed by atoms with Gasteiger partial charge in [-0.15, -0.1) is 11.3 Å². The van der Waals surface area contributed by atoms with Gasteiger partial charge < -0.3 is 14.0 Å². The van der Waals surface area contributed by atoms with E-state index in [1.165, 1.54) is 11.3 Å². The maximum atomic E-state index is 12.6. The minimum Gasteiger partial charge on any atom is -0.497 e. The fraction of sp³-hybridized carbons (Fsp3) is 0.158. The Morgan fingerprint density at radius 3 is 2.68 bits per heavy atom. The molecule has 0 unspecified atom stereocenters. The monoisotopic (exact) mass is 355 g/mol. The van der Waals surface area contributed by atoms with Gasteiger partial charge in [0.1, 0.15) is 23.8 Å². The summed E-state index contributed by atoms with van der Waals surface area (Å²) in [6.07, 6.45) is 1.81. The van der Waals surface area contributed by atoms with Crippen LogP contribution in [0.1, 0.15) is 21.9 Å². The summed E-state index contributed by atoms with van der Waals surface area (Å²) >= 11 is 1.48. The van der Waals surface area contributed by atoms with Gasteiger partial charge in [-0.2, -0.15) is 0 Å². The van der Waals surface area contributed by atoms with Crippen molar-refractivity contribution in [3.8, 4) is 5.75 Å². The number of nitrogens with zero attached hydrogens (tertiary/aromatic N) is 1. The first kappa shape index (κ1) is 17.0. The van der Waals surface area contributed by atoms with Gasteiger partial charge in [-0.25, -0.2) is 4.79 Å². The highest BCUT2D eigenvalue weighted by atomic mass is 32.1. The van der Waals surface area contributed by atoms with Crippen molar-refractivity contribution in [1.82, 2.24) is 5.16 Å². The van der Waals surface area contributed by atoms with E-state index in [9.17, 15) is 4.79 Å². The molecule has 0 radical (unpaired) electrons. The zero-order valence-corrected chi connectivity index (χ0v) is 14.7. The Morgan fingerprint density at radius 1 is 1.28 bits per heavy atom. The molecular weight excluding hydrogens is 338 g/mol. The second-order valence-electron chi connectivity index (χ2n) is 5.31. The number of thiophene rings is 1. The number of hydrogen-bond acceptors (Lipinski definition) is 6. The zero-order valence-electron chi connectivity index (χ0n) is 13.9. The smallest absolute Gasteiger partial charge is 0.339 e. The first-order valence-electron chi connectivity index (χ1n) is 7.64. The molecule has 0 aliphatic rings. The van der Waals surface area contributed by atoms with Crippen molar-refractivity contribution in [1.29, 1.82) is 0 Å². The third kappa shape index (κ3) is 4.36. The molecule has 0 amide bonds. The van der Waals surface area contributed by atoms with Crippen LogP contribution in [0.4, 0.5) is 0 Å². The summed E-state index contributed by atoms with van der Waals surface area (Å²) in [6, 6.07) is 13.0. The number of aromatic nitrogens is 1. The van der Waals surface area contributed by atoms with Crippen molar-refractivity contribution < 1.29 is 18.8 Å². The molecule has 5 nitrogen and oxygen atoms in total. The summed E-state index contributed by atoms with van der Waals surface area (Å²) in [7, 11) is 1.62. The topological polar surface area (TPSA) is 61.6 Å². The second-order valence-corrected chi connectivity index (χ2v) is 6.26. The summed E-state index contributed by atoms with van der Waals surface area (Å²) in [6.45, 7) is 1.86. The van der Waals surface area contributed by atoms with E-state index in [4.69, 9.17) is 14.0 Å². The van der Waals surface area contributed by atoms with E-state index < -0.39 is 5.97 Å². The minimum atomic E-state index is -0.404. The Balaban J connectivity index is 1.81. The number of hydrogen-bond donors (Lipinski definition) is 0. The first-order chi connectivity index (χ1) is 12.2. The Morgan fingerprint density at radius 2 is 2.08 bits per heavy atom. The molecule has 0 spiro atoms. The molecule has 2 heterocycles. The van der Waals surface area contributed by atoms with Gasteiger partial charge in [0.05, 0.1) is 12.7 Å². The largest absolute Gasteiger partial charge is 0.497 e. The standard InChI is InChI=1S/C19H17NO4S/c1-13-10-15(20-24-13)12-23-19(21)17(18-4-3-9-25-18)11-14-5-7-16(22-2)8-6-14/h3-11H,12H2,1-2H3/b17-11+. The van der Waals surface area contributed by atoms with Crippen molar-refractivity contribution in [3.63, 3.8) is 0 Å². The number of carbonyl (C=O) groups excluding carboxylic acids is 1. The number of esters is 1. The molecule has 0 bridgehead atoms. The van der Waals surface area contributed by atoms with Crippen LogP contribution >= 0.6 is 11.3 Å². The number of rotatable bonds is 6. The predicted octanol–water partition coefficient (Wildman–Crippen LogP) is 4.34. The molecule has 6 heteroatoms. The van der Waals surface area contributed by atoms with Crippen molar-refractivity contribution in [2.45, 2.75) is 13.5 Å². The highest BCUT2D eigenvalue weighted by molar-refractivity contribution is 7.11. The quantitative estimate of drug-likeness (QED) is 0.486. The van der Waals surface area contributed by atoms with E-state index >= 15 is 0 Å². The van der Waals surface area contributed by atoms with Gasteiger partial charge in [0, 0.05) is 10.9 Å². The maximum absolute atomic E-state index is 12.6. The molecule has 2 aromatic heterocycles. The van der Waals surface area contributed by atoms with Crippen LogP contribution < -0.4 is 4.74 Å². The lowest BCUT2D eigenvalue weighted by atomic mass is 10.1. The third-order valence-corrected chi connectivity index (χ3v) is 4.36. The van der Waals surface area contributed by atoms with Crippen LogP contribution in [0.25, 0.3) is 11.6 Å². The van der Waals surface area contributed by atoms with Crippen molar-refractivity contribution in [2.24, 2.45) is 0 Å². The molecule has 25 heavy (non-hydrogen) atoms. The number of aryl methyl sites for hydroxylation is 1. The van der Waals surface area contributed by atoms with Gasteiger partial charge in [-0.1, -0.05) is 23.4 Å². The summed E-state index contributed by atoms with van der Waals surface area (Å²) < 4.78 is 15.5. The summed E-state index contributed by atoms with van der Waals surface area (Å²) in [5, 5.41) is 5.75. The van der Waals surface area contributed by atoms with Gasteiger partial charge in [-0.3, -0.25) is 0 Å². The van der Waals surface area contributed by atoms with E-state index in [-0.39, 0.29) is 6.61 Å². The molecule has 0 atom stereocenters. The number of ether oxygens (including phenoxy) is 2. The van der Waals surface area contributed by atoms with E-state index in [0.29, 0.717) is 17.0 Å². The van der Waals surface area contributed by atoms with Crippen LogP contribution in [0, 0.1) is 6.92 Å². The molecule has 0 fully saturated rings. The number of methoxy groups -OCH3 is 1. The highest BCUT2D eigenvalue weighted by Gasteiger charge is 2.16. The van der Waals surface area contributed by atoms with Crippen LogP contribution in [0.2, 0.25) is 0 Å². The minimum absolute atomic E-state index is 0.0709. The Kier molecular flexibility index (Phi) is 5.30. The maximum Gasteiger partial charge on any atom is 0.339 e. The van der Waals surface area contributed by atoms with Crippen LogP contribution in [-0.4, -0.2) is 18.2 Å². The number of benzene rings is 1. The SMILES string of the molecule is COc1ccc(/C=C(/C(=O)OCc2cc(C)on2)c2cccs2)cc1.